The van der Waals surface area contributed by atoms with Crippen LogP contribution in [-0.2, 0) is 10.2 Å². The van der Waals surface area contributed by atoms with E-state index in [2.05, 4.69) is 31.3 Å². The Balaban J connectivity index is 1.52. The summed E-state index contributed by atoms with van der Waals surface area (Å²) in [6.07, 6.45) is 2.83. The largest absolute Gasteiger partial charge is 0.493 e. The Hall–Kier alpha value is -4.07. The number of hydrazone groups is 1. The fraction of sp³-hybridized carbons (Fsp3) is 0.240. The van der Waals surface area contributed by atoms with E-state index in [1.165, 1.54) is 31.2 Å². The van der Waals surface area contributed by atoms with Crippen molar-refractivity contribution in [1.29, 1.82) is 0 Å². The lowest BCUT2D eigenvalue weighted by molar-refractivity contribution is -0.123. The Morgan fingerprint density at radius 2 is 1.82 bits per heavy atom. The van der Waals surface area contributed by atoms with Crippen LogP contribution in [0.3, 0.4) is 0 Å². The minimum Gasteiger partial charge on any atom is -0.493 e. The highest BCUT2D eigenvalue weighted by molar-refractivity contribution is 5.89. The van der Waals surface area contributed by atoms with Gasteiger partial charge in [0.2, 0.25) is 5.76 Å². The predicted octanol–water partition coefficient (Wildman–Crippen LogP) is 4.33. The van der Waals surface area contributed by atoms with Crippen LogP contribution in [0.2, 0.25) is 0 Å². The van der Waals surface area contributed by atoms with Gasteiger partial charge in [-0.15, -0.1) is 0 Å². The van der Waals surface area contributed by atoms with Gasteiger partial charge >= 0.3 is 5.97 Å². The van der Waals surface area contributed by atoms with Gasteiger partial charge in [0, 0.05) is 0 Å². The van der Waals surface area contributed by atoms with Gasteiger partial charge in [-0.25, -0.2) is 10.2 Å². The maximum absolute atomic E-state index is 12.0. The van der Waals surface area contributed by atoms with Crippen LogP contribution in [0.15, 0.2) is 70.4 Å². The number of ether oxygens (including phenoxy) is 3. The Bertz CT molecular complexity index is 1110. The third-order valence-corrected chi connectivity index (χ3v) is 4.61. The van der Waals surface area contributed by atoms with Crippen LogP contribution >= 0.6 is 0 Å². The molecule has 0 bridgehead atoms. The molecule has 8 heteroatoms. The van der Waals surface area contributed by atoms with E-state index >= 15 is 0 Å². The van der Waals surface area contributed by atoms with Crippen molar-refractivity contribution in [2.24, 2.45) is 5.10 Å². The van der Waals surface area contributed by atoms with Crippen LogP contribution < -0.4 is 19.6 Å². The van der Waals surface area contributed by atoms with Gasteiger partial charge in [0.15, 0.2) is 18.1 Å². The van der Waals surface area contributed by atoms with E-state index in [0.717, 1.165) is 0 Å². The Kier molecular flexibility index (Phi) is 7.50. The van der Waals surface area contributed by atoms with Gasteiger partial charge < -0.3 is 18.6 Å². The first-order valence-electron chi connectivity index (χ1n) is 10.3. The summed E-state index contributed by atoms with van der Waals surface area (Å²) in [7, 11) is 1.45. The molecule has 0 aliphatic heterocycles. The summed E-state index contributed by atoms with van der Waals surface area (Å²) < 4.78 is 21.1. The quantitative estimate of drug-likeness (QED) is 0.237. The van der Waals surface area contributed by atoms with Crippen LogP contribution in [-0.4, -0.2) is 31.8 Å². The van der Waals surface area contributed by atoms with Gasteiger partial charge in [-0.2, -0.15) is 5.10 Å². The zero-order chi connectivity index (χ0) is 23.8. The number of methoxy groups -OCH3 is 1. The number of esters is 1. The van der Waals surface area contributed by atoms with Crippen molar-refractivity contribution in [2.75, 3.05) is 13.7 Å². The van der Waals surface area contributed by atoms with E-state index < -0.39 is 11.9 Å². The van der Waals surface area contributed by atoms with Crippen LogP contribution in [0, 0.1) is 0 Å². The van der Waals surface area contributed by atoms with E-state index in [9.17, 15) is 9.59 Å². The molecule has 8 nitrogen and oxygen atoms in total. The molecule has 0 saturated heterocycles. The molecular weight excluding hydrogens is 424 g/mol. The number of nitrogens with zero attached hydrogens (tertiary/aromatic N) is 1. The lowest BCUT2D eigenvalue weighted by Crippen LogP contribution is -2.24. The number of nitrogens with one attached hydrogen (secondary N) is 1. The second kappa shape index (κ2) is 10.5. The maximum atomic E-state index is 12.0. The maximum Gasteiger partial charge on any atom is 0.379 e. The summed E-state index contributed by atoms with van der Waals surface area (Å²) in [5.74, 6) is 0.199. The summed E-state index contributed by atoms with van der Waals surface area (Å²) in [6, 6.07) is 15.6. The van der Waals surface area contributed by atoms with Gasteiger partial charge in [-0.1, -0.05) is 32.9 Å². The molecule has 0 unspecified atom stereocenters. The molecule has 3 aromatic rings. The number of rotatable bonds is 8. The summed E-state index contributed by atoms with van der Waals surface area (Å²) in [4.78, 5) is 24.0. The van der Waals surface area contributed by atoms with E-state index in [4.69, 9.17) is 18.6 Å². The molecule has 0 radical (unpaired) electrons. The van der Waals surface area contributed by atoms with Gasteiger partial charge in [0.05, 0.1) is 19.6 Å². The Morgan fingerprint density at radius 1 is 1.06 bits per heavy atom. The molecule has 33 heavy (non-hydrogen) atoms. The predicted molar refractivity (Wildman–Crippen MR) is 123 cm³/mol. The minimum absolute atomic E-state index is 0.0482. The molecule has 0 aliphatic carbocycles. The first kappa shape index (κ1) is 23.6. The number of carbonyl (C=O) groups is 2. The van der Waals surface area contributed by atoms with Crippen LogP contribution in [0.25, 0.3) is 0 Å². The van der Waals surface area contributed by atoms with Crippen LogP contribution in [0.1, 0.15) is 42.5 Å². The molecule has 3 rings (SSSR count). The Morgan fingerprint density at radius 3 is 2.45 bits per heavy atom. The van der Waals surface area contributed by atoms with Crippen molar-refractivity contribution in [3.63, 3.8) is 0 Å². The molecule has 1 amide bonds. The first-order chi connectivity index (χ1) is 15.8. The highest BCUT2D eigenvalue weighted by Gasteiger charge is 2.15. The number of furan rings is 1. The summed E-state index contributed by atoms with van der Waals surface area (Å²) in [6.45, 7) is 6.22. The molecule has 0 aliphatic rings. The van der Waals surface area contributed by atoms with Gasteiger partial charge in [0.25, 0.3) is 5.91 Å². The molecule has 1 aromatic heterocycles. The fourth-order valence-corrected chi connectivity index (χ4v) is 2.80. The average molecular weight is 450 g/mol. The van der Waals surface area contributed by atoms with E-state index in [1.54, 1.807) is 24.3 Å². The molecule has 0 saturated carbocycles. The zero-order valence-electron chi connectivity index (χ0n) is 19.0. The Labute approximate surface area is 192 Å². The topological polar surface area (TPSA) is 99.4 Å². The molecule has 1 heterocycles. The molecule has 0 fully saturated rings. The standard InChI is InChI=1S/C25H26N2O6/c1-25(2,3)18-8-10-19(11-9-18)32-16-23(28)27-26-15-17-7-12-20(22(14-17)30-4)33-24(29)21-6-5-13-31-21/h5-15H,16H2,1-4H3,(H,27,28). The second-order valence-corrected chi connectivity index (χ2v) is 8.13. The summed E-state index contributed by atoms with van der Waals surface area (Å²) >= 11 is 0. The molecule has 1 N–H and O–H groups in total. The third-order valence-electron chi connectivity index (χ3n) is 4.61. The van der Waals surface area contributed by atoms with E-state index in [1.807, 2.05) is 24.3 Å². The van der Waals surface area contributed by atoms with E-state index in [-0.39, 0.29) is 23.5 Å². The average Bonchev–Trinajstić information content (AvgIpc) is 3.33. The normalized spacial score (nSPS) is 11.3. The van der Waals surface area contributed by atoms with Crippen molar-refractivity contribution < 1.29 is 28.2 Å². The number of hydrogen-bond acceptors (Lipinski definition) is 7. The number of benzene rings is 2. The van der Waals surface area contributed by atoms with Crippen molar-refractivity contribution in [3.8, 4) is 17.2 Å². The summed E-state index contributed by atoms with van der Waals surface area (Å²) in [5, 5.41) is 3.92. The molecule has 0 spiro atoms. The summed E-state index contributed by atoms with van der Waals surface area (Å²) in [5.41, 5.74) is 4.26. The second-order valence-electron chi connectivity index (χ2n) is 8.13. The van der Waals surface area contributed by atoms with Crippen molar-refractivity contribution in [1.82, 2.24) is 5.43 Å². The van der Waals surface area contributed by atoms with Gasteiger partial charge in [-0.3, -0.25) is 4.79 Å². The highest BCUT2D eigenvalue weighted by Crippen LogP contribution is 2.28. The van der Waals surface area contributed by atoms with E-state index in [0.29, 0.717) is 17.1 Å². The van der Waals surface area contributed by atoms with Crippen LogP contribution in [0.4, 0.5) is 0 Å². The van der Waals surface area contributed by atoms with Gasteiger partial charge in [0.1, 0.15) is 5.75 Å². The lowest BCUT2D eigenvalue weighted by Gasteiger charge is -2.19. The zero-order valence-corrected chi connectivity index (χ0v) is 19.0. The number of amides is 1. The molecule has 2 aromatic carbocycles. The third kappa shape index (κ3) is 6.70. The van der Waals surface area contributed by atoms with Crippen molar-refractivity contribution >= 4 is 18.1 Å². The first-order valence-corrected chi connectivity index (χ1v) is 10.3. The van der Waals surface area contributed by atoms with Crippen LogP contribution in [0.5, 0.6) is 17.2 Å². The minimum atomic E-state index is -0.639. The number of hydrogen-bond donors (Lipinski definition) is 1. The lowest BCUT2D eigenvalue weighted by atomic mass is 9.87. The monoisotopic (exact) mass is 450 g/mol. The molecule has 172 valence electrons. The number of carbonyl (C=O) groups excluding carboxylic acids is 2. The SMILES string of the molecule is COc1cc(C=NNC(=O)COc2ccc(C(C)(C)C)cc2)ccc1OC(=O)c1ccco1. The van der Waals surface area contributed by atoms with Gasteiger partial charge in [-0.05, 0) is 59.0 Å². The fourth-order valence-electron chi connectivity index (χ4n) is 2.80. The smallest absolute Gasteiger partial charge is 0.379 e. The highest BCUT2D eigenvalue weighted by atomic mass is 16.6. The molecular formula is C25H26N2O6. The molecule has 0 atom stereocenters. The van der Waals surface area contributed by atoms with Crippen molar-refractivity contribution in [2.45, 2.75) is 26.2 Å². The van der Waals surface area contributed by atoms with Crippen molar-refractivity contribution in [3.05, 3.63) is 77.7 Å².